The number of hydrogen-bond acceptors (Lipinski definition) is 2. The molecule has 1 saturated carbocycles. The van der Waals surface area contributed by atoms with Gasteiger partial charge in [-0.2, -0.15) is 0 Å². The average molecular weight is 291 g/mol. The molecule has 0 bridgehead atoms. The molecule has 1 atom stereocenters. The van der Waals surface area contributed by atoms with Crippen molar-refractivity contribution in [3.05, 3.63) is 35.1 Å². The first kappa shape index (κ1) is 14.5. The Morgan fingerprint density at radius 2 is 2.00 bits per heavy atom. The summed E-state index contributed by atoms with van der Waals surface area (Å²) in [7, 11) is 0. The Morgan fingerprint density at radius 3 is 2.71 bits per heavy atom. The van der Waals surface area contributed by atoms with Crippen LogP contribution in [-0.4, -0.2) is 28.6 Å². The molecule has 1 unspecified atom stereocenters. The van der Waals surface area contributed by atoms with Gasteiger partial charge in [0.25, 0.3) is 0 Å². The van der Waals surface area contributed by atoms with Crippen LogP contribution in [0, 0.1) is 11.7 Å². The molecule has 1 aliphatic carbocycles. The third-order valence-electron chi connectivity index (χ3n) is 5.02. The Bertz CT molecular complexity index is 526. The molecule has 1 aromatic rings. The van der Waals surface area contributed by atoms with Gasteiger partial charge in [0, 0.05) is 18.2 Å². The van der Waals surface area contributed by atoms with Gasteiger partial charge < -0.3 is 5.11 Å². The summed E-state index contributed by atoms with van der Waals surface area (Å²) in [5, 5.41) is 9.05. The highest BCUT2D eigenvalue weighted by Crippen LogP contribution is 2.36. The number of likely N-dealkylation sites (tertiary alicyclic amines) is 1. The van der Waals surface area contributed by atoms with E-state index >= 15 is 0 Å². The Kier molecular flexibility index (Phi) is 4.24. The summed E-state index contributed by atoms with van der Waals surface area (Å²) in [6.45, 7) is 1.53. The molecule has 3 nitrogen and oxygen atoms in total. The van der Waals surface area contributed by atoms with Gasteiger partial charge in [0.1, 0.15) is 5.82 Å². The van der Waals surface area contributed by atoms with E-state index in [0.717, 1.165) is 12.5 Å². The Labute approximate surface area is 124 Å². The van der Waals surface area contributed by atoms with E-state index in [2.05, 4.69) is 4.90 Å². The molecule has 0 amide bonds. The molecule has 1 heterocycles. The van der Waals surface area contributed by atoms with Crippen LogP contribution < -0.4 is 0 Å². The van der Waals surface area contributed by atoms with Crippen LogP contribution in [-0.2, 0) is 6.54 Å². The Morgan fingerprint density at radius 1 is 1.24 bits per heavy atom. The summed E-state index contributed by atoms with van der Waals surface area (Å²) in [4.78, 5) is 13.4. The fourth-order valence-corrected chi connectivity index (χ4v) is 3.97. The normalized spacial score (nSPS) is 23.8. The number of carboxylic acids is 1. The zero-order valence-corrected chi connectivity index (χ0v) is 12.2. The van der Waals surface area contributed by atoms with Crippen molar-refractivity contribution in [2.24, 2.45) is 5.92 Å². The van der Waals surface area contributed by atoms with Gasteiger partial charge in [-0.3, -0.25) is 4.90 Å². The summed E-state index contributed by atoms with van der Waals surface area (Å²) in [5.74, 6) is -0.541. The van der Waals surface area contributed by atoms with E-state index in [-0.39, 0.29) is 11.4 Å². The van der Waals surface area contributed by atoms with Crippen LogP contribution in [0.1, 0.15) is 54.4 Å². The standard InChI is InChI=1S/C17H22FNO2/c18-15-8-7-13(17(20)21)10-14(15)11-19-9-3-6-16(19)12-4-1-2-5-12/h7-8,10,12,16H,1-6,9,11H2,(H,20,21). The van der Waals surface area contributed by atoms with Crippen molar-refractivity contribution in [2.75, 3.05) is 6.54 Å². The molecule has 4 heteroatoms. The third kappa shape index (κ3) is 3.10. The average Bonchev–Trinajstić information content (AvgIpc) is 3.11. The number of hydrogen-bond donors (Lipinski definition) is 1. The summed E-state index contributed by atoms with van der Waals surface area (Å²) in [6, 6.07) is 4.65. The van der Waals surface area contributed by atoms with Crippen molar-refractivity contribution in [1.82, 2.24) is 4.90 Å². The largest absolute Gasteiger partial charge is 0.478 e. The number of benzene rings is 1. The molecule has 1 aliphatic heterocycles. The fourth-order valence-electron chi connectivity index (χ4n) is 3.97. The first-order chi connectivity index (χ1) is 10.1. The lowest BCUT2D eigenvalue weighted by Crippen LogP contribution is -2.34. The molecule has 114 valence electrons. The number of carboxylic acid groups (broad SMARTS) is 1. The van der Waals surface area contributed by atoms with Gasteiger partial charge >= 0.3 is 5.97 Å². The van der Waals surface area contributed by atoms with Crippen molar-refractivity contribution < 1.29 is 14.3 Å². The molecule has 3 rings (SSSR count). The first-order valence-electron chi connectivity index (χ1n) is 7.91. The minimum Gasteiger partial charge on any atom is -0.478 e. The molecular weight excluding hydrogens is 269 g/mol. The molecule has 2 aliphatic rings. The maximum atomic E-state index is 14.0. The van der Waals surface area contributed by atoms with Crippen molar-refractivity contribution in [2.45, 2.75) is 51.1 Å². The van der Waals surface area contributed by atoms with Crippen LogP contribution in [0.25, 0.3) is 0 Å². The summed E-state index contributed by atoms with van der Waals surface area (Å²) < 4.78 is 14.0. The summed E-state index contributed by atoms with van der Waals surface area (Å²) in [6.07, 6.45) is 7.58. The second-order valence-electron chi connectivity index (χ2n) is 6.34. The quantitative estimate of drug-likeness (QED) is 0.920. The molecular formula is C17H22FNO2. The van der Waals surface area contributed by atoms with Gasteiger partial charge in [-0.05, 0) is 56.3 Å². The van der Waals surface area contributed by atoms with Gasteiger partial charge in [0.2, 0.25) is 0 Å². The fraction of sp³-hybridized carbons (Fsp3) is 0.588. The summed E-state index contributed by atoms with van der Waals surface area (Å²) >= 11 is 0. The maximum absolute atomic E-state index is 14.0. The van der Waals surface area contributed by atoms with Gasteiger partial charge in [-0.25, -0.2) is 9.18 Å². The van der Waals surface area contributed by atoms with Gasteiger partial charge in [0.05, 0.1) is 5.56 Å². The lowest BCUT2D eigenvalue weighted by atomic mass is 9.95. The lowest BCUT2D eigenvalue weighted by Gasteiger charge is -2.29. The number of carbonyl (C=O) groups is 1. The topological polar surface area (TPSA) is 40.5 Å². The molecule has 0 aromatic heterocycles. The number of aromatic carboxylic acids is 1. The van der Waals surface area contributed by atoms with Crippen LogP contribution in [0.2, 0.25) is 0 Å². The SMILES string of the molecule is O=C(O)c1ccc(F)c(CN2CCCC2C2CCCC2)c1. The predicted octanol–water partition coefficient (Wildman–Crippen LogP) is 3.68. The molecule has 2 fully saturated rings. The monoisotopic (exact) mass is 291 g/mol. The Balaban J connectivity index is 1.75. The van der Waals surface area contributed by atoms with Crippen LogP contribution in [0.5, 0.6) is 0 Å². The molecule has 21 heavy (non-hydrogen) atoms. The highest BCUT2D eigenvalue weighted by molar-refractivity contribution is 5.87. The number of rotatable bonds is 4. The molecule has 1 aromatic carbocycles. The Hall–Kier alpha value is -1.42. The highest BCUT2D eigenvalue weighted by Gasteiger charge is 2.33. The minimum absolute atomic E-state index is 0.169. The lowest BCUT2D eigenvalue weighted by molar-refractivity contribution is 0.0696. The van der Waals surface area contributed by atoms with Crippen molar-refractivity contribution in [3.63, 3.8) is 0 Å². The zero-order chi connectivity index (χ0) is 14.8. The molecule has 1 saturated heterocycles. The van der Waals surface area contributed by atoms with E-state index in [1.807, 2.05) is 0 Å². The maximum Gasteiger partial charge on any atom is 0.335 e. The van der Waals surface area contributed by atoms with E-state index in [0.29, 0.717) is 18.2 Å². The van der Waals surface area contributed by atoms with Crippen LogP contribution in [0.15, 0.2) is 18.2 Å². The van der Waals surface area contributed by atoms with Crippen molar-refractivity contribution in [3.8, 4) is 0 Å². The molecule has 0 radical (unpaired) electrons. The second-order valence-corrected chi connectivity index (χ2v) is 6.34. The number of halogens is 1. The van der Waals surface area contributed by atoms with Crippen LogP contribution in [0.4, 0.5) is 4.39 Å². The van der Waals surface area contributed by atoms with E-state index in [9.17, 15) is 9.18 Å². The van der Waals surface area contributed by atoms with E-state index in [4.69, 9.17) is 5.11 Å². The summed E-state index contributed by atoms with van der Waals surface area (Å²) in [5.41, 5.74) is 0.683. The van der Waals surface area contributed by atoms with E-state index in [1.165, 1.54) is 56.7 Å². The van der Waals surface area contributed by atoms with Crippen molar-refractivity contribution >= 4 is 5.97 Å². The first-order valence-corrected chi connectivity index (χ1v) is 7.91. The predicted molar refractivity (Wildman–Crippen MR) is 78.7 cm³/mol. The number of nitrogens with zero attached hydrogens (tertiary/aromatic N) is 1. The third-order valence-corrected chi connectivity index (χ3v) is 5.02. The van der Waals surface area contributed by atoms with Crippen LogP contribution >= 0.6 is 0 Å². The van der Waals surface area contributed by atoms with E-state index in [1.54, 1.807) is 0 Å². The van der Waals surface area contributed by atoms with Gasteiger partial charge in [-0.1, -0.05) is 12.8 Å². The zero-order valence-electron chi connectivity index (χ0n) is 12.2. The molecule has 1 N–H and O–H groups in total. The molecule has 0 spiro atoms. The van der Waals surface area contributed by atoms with Gasteiger partial charge in [0.15, 0.2) is 0 Å². The van der Waals surface area contributed by atoms with Crippen molar-refractivity contribution in [1.29, 1.82) is 0 Å². The second kappa shape index (κ2) is 6.14. The smallest absolute Gasteiger partial charge is 0.335 e. The minimum atomic E-state index is -0.995. The van der Waals surface area contributed by atoms with E-state index < -0.39 is 5.97 Å². The highest BCUT2D eigenvalue weighted by atomic mass is 19.1. The van der Waals surface area contributed by atoms with Crippen LogP contribution in [0.3, 0.4) is 0 Å². The van der Waals surface area contributed by atoms with Gasteiger partial charge in [-0.15, -0.1) is 0 Å².